The Morgan fingerprint density at radius 1 is 0.966 bits per heavy atom. The van der Waals surface area contributed by atoms with Gasteiger partial charge in [-0.25, -0.2) is 0 Å². The molecule has 3 rings (SSSR count). The maximum absolute atomic E-state index is 13.0. The zero-order chi connectivity index (χ0) is 21.6. The maximum Gasteiger partial charge on any atom is 0.416 e. The van der Waals surface area contributed by atoms with Crippen molar-refractivity contribution in [2.45, 2.75) is 25.4 Å². The molecule has 1 heterocycles. The lowest BCUT2D eigenvalue weighted by molar-refractivity contribution is -0.137. The van der Waals surface area contributed by atoms with Crippen molar-refractivity contribution in [3.8, 4) is 0 Å². The minimum atomic E-state index is -4.45. The molecule has 0 fully saturated rings. The van der Waals surface area contributed by atoms with Crippen molar-refractivity contribution < 1.29 is 27.6 Å². The van der Waals surface area contributed by atoms with Crippen LogP contribution in [0.15, 0.2) is 42.5 Å². The average molecular weight is 404 g/mol. The van der Waals surface area contributed by atoms with E-state index in [9.17, 15) is 27.6 Å². The van der Waals surface area contributed by atoms with Crippen LogP contribution in [-0.4, -0.2) is 36.2 Å². The van der Waals surface area contributed by atoms with Crippen molar-refractivity contribution in [3.63, 3.8) is 0 Å². The molecule has 0 bridgehead atoms. The molecule has 0 spiro atoms. The summed E-state index contributed by atoms with van der Waals surface area (Å²) in [5.41, 5.74) is -0.496. The summed E-state index contributed by atoms with van der Waals surface area (Å²) in [4.78, 5) is 37.5. The largest absolute Gasteiger partial charge is 0.416 e. The molecule has 0 saturated heterocycles. The lowest BCUT2D eigenvalue weighted by Crippen LogP contribution is -2.37. The molecule has 152 valence electrons. The van der Waals surface area contributed by atoms with E-state index in [0.29, 0.717) is 5.56 Å². The number of nitrogens with one attached hydrogen (secondary N) is 1. The summed E-state index contributed by atoms with van der Waals surface area (Å²) in [5, 5.41) is 2.69. The summed E-state index contributed by atoms with van der Waals surface area (Å²) in [6, 6.07) is 9.20. The average Bonchev–Trinajstić information content (AvgIpc) is 2.89. The summed E-state index contributed by atoms with van der Waals surface area (Å²) in [5.74, 6) is -1.39. The fourth-order valence-electron chi connectivity index (χ4n) is 3.12. The molecule has 2 aromatic carbocycles. The molecule has 0 saturated carbocycles. The Morgan fingerprint density at radius 3 is 2.24 bits per heavy atom. The lowest BCUT2D eigenvalue weighted by Gasteiger charge is -2.26. The van der Waals surface area contributed by atoms with E-state index in [-0.39, 0.29) is 23.2 Å². The standard InChI is InChI=1S/C21H19F3N2O3/c1-20(2,13-5-4-6-14(10-13)21(22,23)24)11-25-17(27)12-7-8-15-16(9-12)19(29)26(3)18(15)28/h4-10H,11H2,1-3H3,(H,25,27). The number of benzene rings is 2. The summed E-state index contributed by atoms with van der Waals surface area (Å²) in [7, 11) is 1.36. The third-order valence-corrected chi connectivity index (χ3v) is 5.01. The van der Waals surface area contributed by atoms with Crippen LogP contribution in [-0.2, 0) is 11.6 Å². The van der Waals surface area contributed by atoms with E-state index in [0.717, 1.165) is 17.0 Å². The number of halogens is 3. The zero-order valence-corrected chi connectivity index (χ0v) is 16.1. The molecular weight excluding hydrogens is 385 g/mol. The van der Waals surface area contributed by atoms with Crippen LogP contribution in [0.2, 0.25) is 0 Å². The molecule has 1 aliphatic heterocycles. The Morgan fingerprint density at radius 2 is 1.59 bits per heavy atom. The van der Waals surface area contributed by atoms with Gasteiger partial charge in [0.05, 0.1) is 16.7 Å². The molecule has 0 unspecified atom stereocenters. The second-order valence-electron chi connectivity index (χ2n) is 7.57. The van der Waals surface area contributed by atoms with Gasteiger partial charge in [-0.3, -0.25) is 19.3 Å². The number of imide groups is 1. The molecule has 8 heteroatoms. The lowest BCUT2D eigenvalue weighted by atomic mass is 9.83. The number of rotatable bonds is 4. The highest BCUT2D eigenvalue weighted by Gasteiger charge is 2.34. The van der Waals surface area contributed by atoms with Crippen molar-refractivity contribution in [1.82, 2.24) is 10.2 Å². The molecule has 29 heavy (non-hydrogen) atoms. The fraction of sp³-hybridized carbons (Fsp3) is 0.286. The monoisotopic (exact) mass is 404 g/mol. The SMILES string of the molecule is CN1C(=O)c2ccc(C(=O)NCC(C)(C)c3cccc(C(F)(F)F)c3)cc2C1=O. The van der Waals surface area contributed by atoms with Crippen LogP contribution in [0.3, 0.4) is 0 Å². The summed E-state index contributed by atoms with van der Waals surface area (Å²) in [6.45, 7) is 3.53. The Bertz CT molecular complexity index is 1010. The van der Waals surface area contributed by atoms with Gasteiger partial charge in [0.25, 0.3) is 17.7 Å². The van der Waals surface area contributed by atoms with E-state index in [2.05, 4.69) is 5.32 Å². The first kappa shape index (κ1) is 20.6. The molecule has 2 aromatic rings. The molecule has 0 atom stereocenters. The second-order valence-corrected chi connectivity index (χ2v) is 7.57. The number of fused-ring (bicyclic) bond motifs is 1. The Labute approximate surface area is 165 Å². The van der Waals surface area contributed by atoms with Gasteiger partial charge in [-0.15, -0.1) is 0 Å². The first-order chi connectivity index (χ1) is 13.4. The predicted octanol–water partition coefficient (Wildman–Crippen LogP) is 3.64. The van der Waals surface area contributed by atoms with Crippen LogP contribution in [0.5, 0.6) is 0 Å². The molecule has 0 aromatic heterocycles. The molecule has 3 amide bonds. The topological polar surface area (TPSA) is 66.5 Å². The first-order valence-corrected chi connectivity index (χ1v) is 8.84. The first-order valence-electron chi connectivity index (χ1n) is 8.84. The maximum atomic E-state index is 13.0. The van der Waals surface area contributed by atoms with E-state index in [4.69, 9.17) is 0 Å². The van der Waals surface area contributed by atoms with Crippen LogP contribution in [0, 0.1) is 0 Å². The minimum absolute atomic E-state index is 0.0804. The van der Waals surface area contributed by atoms with Crippen molar-refractivity contribution in [1.29, 1.82) is 0 Å². The van der Waals surface area contributed by atoms with Crippen LogP contribution in [0.4, 0.5) is 13.2 Å². The van der Waals surface area contributed by atoms with E-state index in [1.165, 1.54) is 31.3 Å². The third-order valence-electron chi connectivity index (χ3n) is 5.01. The summed E-state index contributed by atoms with van der Waals surface area (Å²) >= 11 is 0. The van der Waals surface area contributed by atoms with Crippen molar-refractivity contribution in [2.24, 2.45) is 0 Å². The van der Waals surface area contributed by atoms with Gasteiger partial charge in [0, 0.05) is 24.6 Å². The van der Waals surface area contributed by atoms with E-state index in [1.54, 1.807) is 19.9 Å². The van der Waals surface area contributed by atoms with Gasteiger partial charge in [0.2, 0.25) is 0 Å². The van der Waals surface area contributed by atoms with Gasteiger partial charge in [-0.05, 0) is 29.8 Å². The number of hydrogen-bond acceptors (Lipinski definition) is 3. The quantitative estimate of drug-likeness (QED) is 0.792. The Kier molecular flexibility index (Phi) is 4.98. The number of amides is 3. The molecule has 0 aliphatic carbocycles. The third kappa shape index (κ3) is 3.87. The molecule has 1 aliphatic rings. The number of hydrogen-bond donors (Lipinski definition) is 1. The van der Waals surface area contributed by atoms with Crippen molar-refractivity contribution >= 4 is 17.7 Å². The van der Waals surface area contributed by atoms with Gasteiger partial charge < -0.3 is 5.32 Å². The highest BCUT2D eigenvalue weighted by Crippen LogP contribution is 2.32. The van der Waals surface area contributed by atoms with E-state index < -0.39 is 34.9 Å². The number of alkyl halides is 3. The van der Waals surface area contributed by atoms with Gasteiger partial charge in [-0.1, -0.05) is 32.0 Å². The normalized spacial score (nSPS) is 14.2. The van der Waals surface area contributed by atoms with E-state index >= 15 is 0 Å². The van der Waals surface area contributed by atoms with Gasteiger partial charge in [0.15, 0.2) is 0 Å². The second kappa shape index (κ2) is 7.02. The number of carbonyl (C=O) groups is 3. The molecule has 0 radical (unpaired) electrons. The molecular formula is C21H19F3N2O3. The smallest absolute Gasteiger partial charge is 0.351 e. The summed E-state index contributed by atoms with van der Waals surface area (Å²) in [6.07, 6.45) is -4.45. The van der Waals surface area contributed by atoms with Crippen molar-refractivity contribution in [2.75, 3.05) is 13.6 Å². The predicted molar refractivity (Wildman–Crippen MR) is 99.7 cm³/mol. The highest BCUT2D eigenvalue weighted by molar-refractivity contribution is 6.21. The Balaban J connectivity index is 1.76. The van der Waals surface area contributed by atoms with Crippen LogP contribution in [0.25, 0.3) is 0 Å². The van der Waals surface area contributed by atoms with Gasteiger partial charge in [0.1, 0.15) is 0 Å². The zero-order valence-electron chi connectivity index (χ0n) is 16.1. The van der Waals surface area contributed by atoms with Crippen LogP contribution in [0.1, 0.15) is 56.0 Å². The Hall–Kier alpha value is -3.16. The molecule has 1 N–H and O–H groups in total. The number of nitrogens with zero attached hydrogens (tertiary/aromatic N) is 1. The summed E-state index contributed by atoms with van der Waals surface area (Å²) < 4.78 is 38.9. The van der Waals surface area contributed by atoms with E-state index in [1.807, 2.05) is 0 Å². The number of carbonyl (C=O) groups excluding carboxylic acids is 3. The van der Waals surface area contributed by atoms with Gasteiger partial charge >= 0.3 is 6.18 Å². The highest BCUT2D eigenvalue weighted by atomic mass is 19.4. The van der Waals surface area contributed by atoms with Crippen LogP contribution >= 0.6 is 0 Å². The fourth-order valence-corrected chi connectivity index (χ4v) is 3.12. The van der Waals surface area contributed by atoms with Crippen LogP contribution < -0.4 is 5.32 Å². The molecule has 5 nitrogen and oxygen atoms in total. The van der Waals surface area contributed by atoms with Crippen molar-refractivity contribution in [3.05, 3.63) is 70.3 Å². The van der Waals surface area contributed by atoms with Gasteiger partial charge in [-0.2, -0.15) is 13.2 Å². The minimum Gasteiger partial charge on any atom is -0.351 e.